The van der Waals surface area contributed by atoms with Crippen molar-refractivity contribution in [2.24, 2.45) is 0 Å². The molecule has 0 aromatic rings. The molecule has 0 bridgehead atoms. The number of urea groups is 1. The van der Waals surface area contributed by atoms with Crippen LogP contribution in [0.1, 0.15) is 0 Å². The molecule has 0 saturated carbocycles. The maximum atomic E-state index is 11.0. The van der Waals surface area contributed by atoms with Crippen molar-refractivity contribution in [1.29, 1.82) is 0 Å². The number of carbonyl (C=O) groups excluding carboxylic acids is 1. The third-order valence-corrected chi connectivity index (χ3v) is 2.59. The molecule has 1 heterocycles. The third-order valence-electron chi connectivity index (χ3n) is 2.59. The molecule has 100 valence electrons. The van der Waals surface area contributed by atoms with Gasteiger partial charge in [-0.05, 0) is 0 Å². The lowest BCUT2D eigenvalue weighted by Gasteiger charge is -2.39. The molecule has 8 heteroatoms. The molecule has 5 N–H and O–H groups in total. The van der Waals surface area contributed by atoms with Crippen LogP contribution in [0.3, 0.4) is 0 Å². The summed E-state index contributed by atoms with van der Waals surface area (Å²) in [6.07, 6.45) is -5.90. The number of ether oxygens (including phenoxy) is 2. The maximum absolute atomic E-state index is 11.0. The van der Waals surface area contributed by atoms with E-state index in [0.717, 1.165) is 0 Å². The van der Waals surface area contributed by atoms with Crippen LogP contribution in [0.2, 0.25) is 0 Å². The van der Waals surface area contributed by atoms with Crippen LogP contribution >= 0.6 is 0 Å². The van der Waals surface area contributed by atoms with Gasteiger partial charge in [-0.2, -0.15) is 0 Å². The minimum atomic E-state index is -1.38. The highest BCUT2D eigenvalue weighted by Gasteiger charge is 2.43. The molecule has 8 nitrogen and oxygen atoms in total. The predicted molar refractivity (Wildman–Crippen MR) is 56.1 cm³/mol. The number of carbonyl (C=O) groups is 1. The van der Waals surface area contributed by atoms with E-state index in [9.17, 15) is 20.1 Å². The van der Waals surface area contributed by atoms with Crippen LogP contribution in [0.4, 0.5) is 4.79 Å². The first kappa shape index (κ1) is 14.1. The second-order valence-electron chi connectivity index (χ2n) is 3.71. The van der Waals surface area contributed by atoms with E-state index in [4.69, 9.17) is 9.47 Å². The SMILES string of the molecule is CNC(=O)NC[C@H]1O[C@H](OC)[C@H](O)[C@@H](O)[C@@H]1O. The monoisotopic (exact) mass is 250 g/mol. The summed E-state index contributed by atoms with van der Waals surface area (Å²) in [5.74, 6) is 0. The molecule has 1 aliphatic rings. The summed E-state index contributed by atoms with van der Waals surface area (Å²) in [5, 5.41) is 33.4. The second-order valence-corrected chi connectivity index (χ2v) is 3.71. The summed E-state index contributed by atoms with van der Waals surface area (Å²) < 4.78 is 10.0. The zero-order valence-corrected chi connectivity index (χ0v) is 9.66. The molecule has 0 aliphatic carbocycles. The summed E-state index contributed by atoms with van der Waals surface area (Å²) in [4.78, 5) is 11.0. The smallest absolute Gasteiger partial charge is 0.314 e. The third kappa shape index (κ3) is 3.27. The Morgan fingerprint density at radius 3 is 2.47 bits per heavy atom. The molecule has 1 fully saturated rings. The number of methoxy groups -OCH3 is 1. The fourth-order valence-electron chi connectivity index (χ4n) is 1.56. The molecule has 0 radical (unpaired) electrons. The highest BCUT2D eigenvalue weighted by atomic mass is 16.7. The minimum Gasteiger partial charge on any atom is -0.388 e. The number of hydrogen-bond acceptors (Lipinski definition) is 6. The predicted octanol–water partition coefficient (Wildman–Crippen LogP) is -2.63. The lowest BCUT2D eigenvalue weighted by atomic mass is 9.99. The summed E-state index contributed by atoms with van der Waals surface area (Å²) in [5.41, 5.74) is 0. The van der Waals surface area contributed by atoms with Gasteiger partial charge in [0.2, 0.25) is 0 Å². The van der Waals surface area contributed by atoms with E-state index in [1.807, 2.05) is 0 Å². The molecule has 1 saturated heterocycles. The van der Waals surface area contributed by atoms with Gasteiger partial charge < -0.3 is 35.4 Å². The van der Waals surface area contributed by atoms with Gasteiger partial charge in [0, 0.05) is 20.7 Å². The lowest BCUT2D eigenvalue weighted by molar-refractivity contribution is -0.288. The molecule has 1 aliphatic heterocycles. The van der Waals surface area contributed by atoms with Crippen molar-refractivity contribution in [1.82, 2.24) is 10.6 Å². The molecule has 1 rings (SSSR count). The van der Waals surface area contributed by atoms with Crippen LogP contribution in [0, 0.1) is 0 Å². The fraction of sp³-hybridized carbons (Fsp3) is 0.889. The van der Waals surface area contributed by atoms with Gasteiger partial charge in [-0.25, -0.2) is 4.79 Å². The average Bonchev–Trinajstić information content (AvgIpc) is 2.34. The van der Waals surface area contributed by atoms with Crippen LogP contribution in [0.25, 0.3) is 0 Å². The van der Waals surface area contributed by atoms with Crippen molar-refractivity contribution in [2.45, 2.75) is 30.7 Å². The zero-order valence-electron chi connectivity index (χ0n) is 9.66. The molecular weight excluding hydrogens is 232 g/mol. The first-order valence-corrected chi connectivity index (χ1v) is 5.19. The highest BCUT2D eigenvalue weighted by Crippen LogP contribution is 2.21. The van der Waals surface area contributed by atoms with Gasteiger partial charge in [0.15, 0.2) is 6.29 Å². The van der Waals surface area contributed by atoms with Crippen molar-refractivity contribution in [3.8, 4) is 0 Å². The number of nitrogens with one attached hydrogen (secondary N) is 2. The van der Waals surface area contributed by atoms with Crippen LogP contribution < -0.4 is 10.6 Å². The molecule has 0 aromatic heterocycles. The van der Waals surface area contributed by atoms with Gasteiger partial charge in [-0.15, -0.1) is 0 Å². The van der Waals surface area contributed by atoms with Crippen molar-refractivity contribution < 1.29 is 29.6 Å². The summed E-state index contributed by atoms with van der Waals surface area (Å²) in [6.45, 7) is -0.00944. The Balaban J connectivity index is 2.56. The number of aliphatic hydroxyl groups is 3. The molecular formula is C9H18N2O6. The molecule has 5 atom stereocenters. The Morgan fingerprint density at radius 1 is 1.29 bits per heavy atom. The number of aliphatic hydroxyl groups excluding tert-OH is 3. The van der Waals surface area contributed by atoms with Gasteiger partial charge in [-0.3, -0.25) is 0 Å². The van der Waals surface area contributed by atoms with E-state index < -0.39 is 36.7 Å². The maximum Gasteiger partial charge on any atom is 0.314 e. The standard InChI is InChI=1S/C9H18N2O6/c1-10-9(15)11-3-4-5(12)6(13)7(14)8(16-2)17-4/h4-8,12-14H,3H2,1-2H3,(H2,10,11,15)/t4-,5-,6+,7-,8+/m1/s1. The quantitative estimate of drug-likeness (QED) is 0.374. The van der Waals surface area contributed by atoms with Gasteiger partial charge in [0.1, 0.15) is 24.4 Å². The van der Waals surface area contributed by atoms with Crippen molar-refractivity contribution in [2.75, 3.05) is 20.7 Å². The van der Waals surface area contributed by atoms with Gasteiger partial charge in [-0.1, -0.05) is 0 Å². The topological polar surface area (TPSA) is 120 Å². The van der Waals surface area contributed by atoms with E-state index in [-0.39, 0.29) is 6.54 Å². The minimum absolute atomic E-state index is 0.00944. The second kappa shape index (κ2) is 6.12. The van der Waals surface area contributed by atoms with Crippen molar-refractivity contribution in [3.05, 3.63) is 0 Å². The van der Waals surface area contributed by atoms with E-state index >= 15 is 0 Å². The number of amides is 2. The first-order chi connectivity index (χ1) is 8.01. The Hall–Kier alpha value is -0.930. The van der Waals surface area contributed by atoms with Crippen LogP contribution in [0.15, 0.2) is 0 Å². The molecule has 0 spiro atoms. The van der Waals surface area contributed by atoms with E-state index in [1.54, 1.807) is 0 Å². The van der Waals surface area contributed by atoms with E-state index in [0.29, 0.717) is 0 Å². The number of hydrogen-bond donors (Lipinski definition) is 5. The van der Waals surface area contributed by atoms with Gasteiger partial charge in [0.25, 0.3) is 0 Å². The molecule has 17 heavy (non-hydrogen) atoms. The van der Waals surface area contributed by atoms with Crippen molar-refractivity contribution in [3.63, 3.8) is 0 Å². The molecule has 0 unspecified atom stereocenters. The fourth-order valence-corrected chi connectivity index (χ4v) is 1.56. The largest absolute Gasteiger partial charge is 0.388 e. The van der Waals surface area contributed by atoms with E-state index in [1.165, 1.54) is 14.2 Å². The van der Waals surface area contributed by atoms with Crippen LogP contribution in [0.5, 0.6) is 0 Å². The lowest BCUT2D eigenvalue weighted by Crippen LogP contribution is -2.60. The number of rotatable bonds is 3. The van der Waals surface area contributed by atoms with E-state index in [2.05, 4.69) is 10.6 Å². The van der Waals surface area contributed by atoms with Gasteiger partial charge in [0.05, 0.1) is 0 Å². The first-order valence-electron chi connectivity index (χ1n) is 5.19. The highest BCUT2D eigenvalue weighted by molar-refractivity contribution is 5.73. The average molecular weight is 250 g/mol. The van der Waals surface area contributed by atoms with Gasteiger partial charge >= 0.3 is 6.03 Å². The molecule has 2 amide bonds. The van der Waals surface area contributed by atoms with Crippen LogP contribution in [-0.2, 0) is 9.47 Å². The Bertz CT molecular complexity index is 262. The zero-order chi connectivity index (χ0) is 13.0. The summed E-state index contributed by atoms with van der Waals surface area (Å²) in [7, 11) is 2.76. The normalized spacial score (nSPS) is 37.6. The molecule has 0 aromatic carbocycles. The Morgan fingerprint density at radius 2 is 1.94 bits per heavy atom. The van der Waals surface area contributed by atoms with Crippen LogP contribution in [-0.4, -0.2) is 72.8 Å². The van der Waals surface area contributed by atoms with Crippen molar-refractivity contribution >= 4 is 6.03 Å². The Kier molecular flexibility index (Phi) is 5.09. The summed E-state index contributed by atoms with van der Waals surface area (Å²) in [6, 6.07) is -0.435. The Labute approximate surface area is 98.5 Å². The summed E-state index contributed by atoms with van der Waals surface area (Å²) >= 11 is 0.